The molecule has 1 atom stereocenters. The van der Waals surface area contributed by atoms with E-state index >= 15 is 0 Å². The zero-order valence-corrected chi connectivity index (χ0v) is 20.9. The van der Waals surface area contributed by atoms with Crippen molar-refractivity contribution in [1.82, 2.24) is 35.0 Å². The number of amides is 1. The largest absolute Gasteiger partial charge is 0.348 e. The number of carbonyl (C=O) groups excluding carboxylic acids is 1. The summed E-state index contributed by atoms with van der Waals surface area (Å²) in [4.78, 5) is 26.3. The molecule has 0 N–H and O–H groups in total. The second-order valence-electron chi connectivity index (χ2n) is 9.55. The van der Waals surface area contributed by atoms with E-state index in [1.807, 2.05) is 53.2 Å². The van der Waals surface area contributed by atoms with Crippen molar-refractivity contribution in [2.24, 2.45) is 4.99 Å². The maximum Gasteiger partial charge on any atom is 0.286 e. The van der Waals surface area contributed by atoms with Gasteiger partial charge in [0.1, 0.15) is 0 Å². The molecule has 2 aliphatic rings. The molecule has 9 nitrogen and oxygen atoms in total. The van der Waals surface area contributed by atoms with Gasteiger partial charge in [0.05, 0.1) is 16.5 Å². The summed E-state index contributed by atoms with van der Waals surface area (Å²) >= 11 is 1.45. The Kier molecular flexibility index (Phi) is 6.48. The monoisotopic (exact) mass is 488 g/mol. The van der Waals surface area contributed by atoms with Crippen LogP contribution in [0.15, 0.2) is 64.8 Å². The Bertz CT molecular complexity index is 1240. The van der Waals surface area contributed by atoms with Crippen LogP contribution in [0, 0.1) is 0 Å². The first-order valence-corrected chi connectivity index (χ1v) is 12.5. The normalized spacial score (nSPS) is 19.3. The Morgan fingerprint density at radius 3 is 2.40 bits per heavy atom. The van der Waals surface area contributed by atoms with E-state index in [-0.39, 0.29) is 17.5 Å². The summed E-state index contributed by atoms with van der Waals surface area (Å²) in [5, 5.41) is 13.5. The van der Waals surface area contributed by atoms with Crippen LogP contribution in [0.2, 0.25) is 0 Å². The van der Waals surface area contributed by atoms with E-state index in [1.54, 1.807) is 12.4 Å². The minimum Gasteiger partial charge on any atom is -0.348 e. The summed E-state index contributed by atoms with van der Waals surface area (Å²) in [5.74, 6) is 0.642. The Morgan fingerprint density at radius 2 is 1.71 bits per heavy atom. The van der Waals surface area contributed by atoms with Gasteiger partial charge >= 0.3 is 0 Å². The summed E-state index contributed by atoms with van der Waals surface area (Å²) in [5.41, 5.74) is 1.86. The van der Waals surface area contributed by atoms with Gasteiger partial charge in [-0.05, 0) is 72.3 Å². The number of aliphatic imine (C=N–C) groups is 1. The van der Waals surface area contributed by atoms with Crippen LogP contribution < -0.4 is 0 Å². The van der Waals surface area contributed by atoms with Crippen molar-refractivity contribution in [2.75, 3.05) is 26.2 Å². The molecule has 3 aromatic rings. The highest BCUT2D eigenvalue weighted by Crippen LogP contribution is 2.33. The van der Waals surface area contributed by atoms with Gasteiger partial charge in [0.25, 0.3) is 5.91 Å². The number of amidine groups is 1. The molecule has 2 aliphatic heterocycles. The number of carbonyl (C=O) groups is 1. The second-order valence-corrected chi connectivity index (χ2v) is 10.6. The van der Waals surface area contributed by atoms with Crippen molar-refractivity contribution in [3.63, 3.8) is 0 Å². The van der Waals surface area contributed by atoms with Crippen molar-refractivity contribution in [3.8, 4) is 0 Å². The smallest absolute Gasteiger partial charge is 0.286 e. The summed E-state index contributed by atoms with van der Waals surface area (Å²) in [6.07, 6.45) is 5.52. The molecule has 0 bridgehead atoms. The molecule has 0 radical (unpaired) electrons. The molecule has 35 heavy (non-hydrogen) atoms. The maximum absolute atomic E-state index is 12.5. The number of nitrogens with zero attached hydrogens (tertiary/aromatic N) is 8. The van der Waals surface area contributed by atoms with E-state index in [0.717, 1.165) is 48.3 Å². The van der Waals surface area contributed by atoms with Crippen molar-refractivity contribution in [3.05, 3.63) is 76.7 Å². The summed E-state index contributed by atoms with van der Waals surface area (Å²) in [7, 11) is 0. The molecule has 4 heterocycles. The zero-order chi connectivity index (χ0) is 24.4. The molecule has 1 aromatic carbocycles. The van der Waals surface area contributed by atoms with E-state index in [0.29, 0.717) is 4.91 Å². The predicted octanol–water partition coefficient (Wildman–Crippen LogP) is 3.20. The molecule has 1 amide bonds. The van der Waals surface area contributed by atoms with E-state index in [4.69, 9.17) is 0 Å². The molecule has 0 aliphatic carbocycles. The minimum absolute atomic E-state index is 0.0947. The molecular formula is C25H28N8OS. The number of pyridine rings is 1. The van der Waals surface area contributed by atoms with Gasteiger partial charge in [-0.1, -0.05) is 30.3 Å². The van der Waals surface area contributed by atoms with Crippen LogP contribution >= 0.6 is 11.8 Å². The van der Waals surface area contributed by atoms with E-state index in [1.165, 1.54) is 11.8 Å². The van der Waals surface area contributed by atoms with Crippen LogP contribution in [0.3, 0.4) is 0 Å². The third kappa shape index (κ3) is 5.03. The quantitative estimate of drug-likeness (QED) is 0.517. The van der Waals surface area contributed by atoms with E-state index < -0.39 is 0 Å². The second kappa shape index (κ2) is 9.71. The van der Waals surface area contributed by atoms with Gasteiger partial charge in [0.2, 0.25) is 0 Å². The number of thioether (sulfide) groups is 1. The highest BCUT2D eigenvalue weighted by molar-refractivity contribution is 8.18. The van der Waals surface area contributed by atoms with Crippen LogP contribution in [0.25, 0.3) is 6.08 Å². The van der Waals surface area contributed by atoms with Crippen molar-refractivity contribution >= 4 is 28.9 Å². The molecule has 0 spiro atoms. The molecule has 1 unspecified atom stereocenters. The van der Waals surface area contributed by atoms with Gasteiger partial charge in [-0.15, -0.1) is 5.10 Å². The van der Waals surface area contributed by atoms with Crippen LogP contribution in [0.5, 0.6) is 0 Å². The molecule has 1 saturated heterocycles. The predicted molar refractivity (Wildman–Crippen MR) is 136 cm³/mol. The Morgan fingerprint density at radius 1 is 1.00 bits per heavy atom. The lowest BCUT2D eigenvalue weighted by molar-refractivity contribution is -0.113. The number of piperazine rings is 1. The van der Waals surface area contributed by atoms with Gasteiger partial charge in [0, 0.05) is 38.6 Å². The fraction of sp³-hybridized carbons (Fsp3) is 0.360. The lowest BCUT2D eigenvalue weighted by Gasteiger charge is -2.39. The molecule has 10 heteroatoms. The standard InChI is InChI=1S/C25H28N8OS/c1-25(2,3)33-22(28-29-30-33)21(19-9-11-26-12-10-19)31-13-15-32(16-14-31)24-27-23(34)20(35-24)17-18-7-5-4-6-8-18/h4-12,17,21H,13-16H2,1-3H3/b20-17-. The summed E-state index contributed by atoms with van der Waals surface area (Å²) in [6, 6.07) is 13.8. The van der Waals surface area contributed by atoms with E-state index in [9.17, 15) is 4.79 Å². The number of rotatable bonds is 4. The van der Waals surface area contributed by atoms with Crippen LogP contribution in [0.4, 0.5) is 0 Å². The Balaban J connectivity index is 1.33. The number of benzene rings is 1. The van der Waals surface area contributed by atoms with E-state index in [2.05, 4.69) is 56.1 Å². The first kappa shape index (κ1) is 23.4. The van der Waals surface area contributed by atoms with Gasteiger partial charge in [-0.25, -0.2) is 4.68 Å². The van der Waals surface area contributed by atoms with Crippen LogP contribution in [-0.4, -0.2) is 72.2 Å². The maximum atomic E-state index is 12.5. The molecule has 0 saturated carbocycles. The van der Waals surface area contributed by atoms with Crippen molar-refractivity contribution < 1.29 is 4.79 Å². The first-order valence-electron chi connectivity index (χ1n) is 11.7. The minimum atomic E-state index is -0.247. The first-order chi connectivity index (χ1) is 16.9. The molecule has 1 fully saturated rings. The average molecular weight is 489 g/mol. The van der Waals surface area contributed by atoms with Crippen molar-refractivity contribution in [2.45, 2.75) is 32.4 Å². The third-order valence-electron chi connectivity index (χ3n) is 6.05. The molecule has 5 rings (SSSR count). The summed E-state index contributed by atoms with van der Waals surface area (Å²) in [6.45, 7) is 9.39. The van der Waals surface area contributed by atoms with Crippen molar-refractivity contribution in [1.29, 1.82) is 0 Å². The Hall–Kier alpha value is -3.37. The number of hydrogen-bond acceptors (Lipinski definition) is 8. The highest BCUT2D eigenvalue weighted by atomic mass is 32.2. The van der Waals surface area contributed by atoms with Gasteiger partial charge in [0.15, 0.2) is 11.0 Å². The fourth-order valence-corrected chi connectivity index (χ4v) is 5.28. The lowest BCUT2D eigenvalue weighted by atomic mass is 10.0. The SMILES string of the molecule is CC(C)(C)n1nnnc1C(c1ccncc1)N1CCN(C2=NC(=O)/C(=C/c3ccccc3)S2)CC1. The average Bonchev–Trinajstić information content (AvgIpc) is 3.49. The van der Waals surface area contributed by atoms with Gasteiger partial charge in [-0.2, -0.15) is 4.99 Å². The molecular weight excluding hydrogens is 460 g/mol. The van der Waals surface area contributed by atoms with Gasteiger partial charge in [-0.3, -0.25) is 14.7 Å². The fourth-order valence-electron chi connectivity index (χ4n) is 4.32. The third-order valence-corrected chi connectivity index (χ3v) is 7.10. The zero-order valence-electron chi connectivity index (χ0n) is 20.1. The molecule has 180 valence electrons. The van der Waals surface area contributed by atoms with Crippen LogP contribution in [-0.2, 0) is 10.3 Å². The molecule has 2 aromatic heterocycles. The highest BCUT2D eigenvalue weighted by Gasteiger charge is 2.35. The lowest BCUT2D eigenvalue weighted by Crippen LogP contribution is -2.49. The number of aromatic nitrogens is 5. The number of hydrogen-bond donors (Lipinski definition) is 0. The number of tetrazole rings is 1. The van der Waals surface area contributed by atoms with Crippen LogP contribution in [0.1, 0.15) is 43.8 Å². The van der Waals surface area contributed by atoms with Gasteiger partial charge < -0.3 is 4.90 Å². The Labute approximate surface area is 208 Å². The summed E-state index contributed by atoms with van der Waals surface area (Å²) < 4.78 is 1.90. The topological polar surface area (TPSA) is 92.4 Å².